The number of thiophene rings is 4. The molecule has 700 valence electrons. The Labute approximate surface area is 818 Å². The van der Waals surface area contributed by atoms with Crippen LogP contribution in [0.15, 0.2) is 211 Å². The molecule has 5 aliphatic carbocycles. The maximum atomic E-state index is 12.7. The van der Waals surface area contributed by atoms with Gasteiger partial charge < -0.3 is 49.0 Å². The largest absolute Gasteiger partial charge is 1.00 e. The molecule has 3 N–H and O–H groups in total. The topological polar surface area (TPSA) is 217 Å². The van der Waals surface area contributed by atoms with Crippen molar-refractivity contribution < 1.29 is 77.2 Å². The van der Waals surface area contributed by atoms with Gasteiger partial charge in [0, 0.05) is 105 Å². The number of likely N-dealkylation sites (N-methyl/N-ethyl adjacent to an activating group) is 2. The number of methoxy groups -OCH3 is 3. The van der Waals surface area contributed by atoms with Crippen LogP contribution in [0.5, 0.6) is 0 Å². The zero-order chi connectivity index (χ0) is 92.2. The number of rotatable bonds is 17. The molecule has 4 fully saturated rings. The van der Waals surface area contributed by atoms with Crippen LogP contribution in [-0.4, -0.2) is 146 Å². The number of allylic oxidation sites excluding steroid dienone is 4. The molecule has 3 aliphatic heterocycles. The Hall–Kier alpha value is -8.76. The molecule has 0 radical (unpaired) electrons. The molecule has 8 aliphatic rings. The Balaban J connectivity index is 0.000000160. The summed E-state index contributed by atoms with van der Waals surface area (Å²) >= 11 is 5.98. The van der Waals surface area contributed by atoms with E-state index in [1.54, 1.807) is 23.1 Å². The predicted octanol–water partition coefficient (Wildman–Crippen LogP) is 25.7. The maximum absolute atomic E-state index is 12.7. The molecule has 0 bridgehead atoms. The van der Waals surface area contributed by atoms with Gasteiger partial charge in [-0.05, 0) is 265 Å². The first-order valence-corrected chi connectivity index (χ1v) is 51.2. The molecular formula is C111H136BLiN4O12S4. The second kappa shape index (κ2) is 52.0. The van der Waals surface area contributed by atoms with Crippen LogP contribution in [0.2, 0.25) is 0 Å². The van der Waals surface area contributed by atoms with Crippen molar-refractivity contribution in [3.63, 3.8) is 0 Å². The predicted molar refractivity (Wildman–Crippen MR) is 546 cm³/mol. The third-order valence-electron chi connectivity index (χ3n) is 27.5. The molecule has 0 atom stereocenters. The van der Waals surface area contributed by atoms with E-state index in [-0.39, 0.29) is 60.6 Å². The summed E-state index contributed by atoms with van der Waals surface area (Å²) in [7, 11) is 9.68. The summed E-state index contributed by atoms with van der Waals surface area (Å²) in [6.45, 7) is 12.5. The van der Waals surface area contributed by atoms with E-state index in [1.165, 1.54) is 255 Å². The van der Waals surface area contributed by atoms with E-state index < -0.39 is 5.97 Å². The third kappa shape index (κ3) is 27.4. The van der Waals surface area contributed by atoms with Crippen LogP contribution >= 0.6 is 45.3 Å². The molecule has 6 aromatic heterocycles. The smallest absolute Gasteiger partial charge is 0.870 e. The number of aromatic nitrogens is 2. The molecule has 22 heteroatoms. The van der Waals surface area contributed by atoms with Crippen molar-refractivity contribution in [1.82, 2.24) is 19.8 Å². The summed E-state index contributed by atoms with van der Waals surface area (Å²) in [5.74, 6) is 0.206. The summed E-state index contributed by atoms with van der Waals surface area (Å²) in [5.41, 5.74) is 21.2. The Bertz CT molecular complexity index is 5500. The molecule has 0 unspecified atom stereocenters. The zero-order valence-corrected chi connectivity index (χ0v) is 83.5. The van der Waals surface area contributed by atoms with Gasteiger partial charge in [0.1, 0.15) is 19.5 Å². The van der Waals surface area contributed by atoms with Crippen molar-refractivity contribution in [2.75, 3.05) is 68.7 Å². The number of hydrogen-bond acceptors (Lipinski definition) is 19. The van der Waals surface area contributed by atoms with Gasteiger partial charge in [-0.25, -0.2) is 19.2 Å². The molecule has 16 nitrogen and oxygen atoms in total. The SMILES string of the molecule is CC1(C)OB(C2=CCCCCC2)OC1(C)C.CN1CCC(c2cc(-c3ccccc3)sc2C(=O)O)=C(C2CCCCCC2)C1.CO.COC(=O)c1sc(-c2ccccc2)cc1-c1ccncc1C1=CCCCCC1.COC(=O)c1sc(-c2ccccc2)cc1-c1ccncc1C1CCCCCC1.COC(=O)c1sc(-c2ccccc2)cc1C1=C(C2CCCCCC2)CN(C)CC1.[Li+].[OH-]. The number of carbonyl (C=O) groups excluding carboxylic acids is 3. The summed E-state index contributed by atoms with van der Waals surface area (Å²) in [5, 5.41) is 16.9. The molecule has 9 heterocycles. The number of aromatic carboxylic acids is 1. The number of benzene rings is 4. The number of pyridine rings is 2. The van der Waals surface area contributed by atoms with E-state index in [9.17, 15) is 24.3 Å². The fraction of sp³-hybridized carbons (Fsp3) is 0.441. The van der Waals surface area contributed by atoms with Gasteiger partial charge in [0.2, 0.25) is 0 Å². The second-order valence-corrected chi connectivity index (χ2v) is 41.1. The fourth-order valence-electron chi connectivity index (χ4n) is 19.7. The fourth-order valence-corrected chi connectivity index (χ4v) is 24.1. The summed E-state index contributed by atoms with van der Waals surface area (Å²) < 4.78 is 27.5. The van der Waals surface area contributed by atoms with Crippen molar-refractivity contribution in [2.45, 2.75) is 237 Å². The number of carboxylic acid groups (broad SMARTS) is 1. The average molecular weight is 1860 g/mol. The van der Waals surface area contributed by atoms with Gasteiger partial charge in [-0.1, -0.05) is 230 Å². The minimum atomic E-state index is -0.797. The van der Waals surface area contributed by atoms with Crippen molar-refractivity contribution in [3.8, 4) is 64.0 Å². The molecule has 1 saturated heterocycles. The number of aliphatic hydroxyl groups is 1. The van der Waals surface area contributed by atoms with Crippen molar-refractivity contribution >= 4 is 93.1 Å². The van der Waals surface area contributed by atoms with Crippen LogP contribution < -0.4 is 18.9 Å². The quantitative estimate of drug-likeness (QED) is 0.0375. The van der Waals surface area contributed by atoms with Gasteiger partial charge in [-0.3, -0.25) is 9.97 Å². The van der Waals surface area contributed by atoms with E-state index in [0.717, 1.165) is 145 Å². The molecule has 10 aromatic rings. The average Bonchev–Trinajstić information content (AvgIpc) is 1.66. The van der Waals surface area contributed by atoms with Crippen molar-refractivity contribution in [3.05, 3.63) is 253 Å². The Kier molecular flexibility index (Phi) is 40.9. The first-order valence-electron chi connectivity index (χ1n) is 47.9. The molecule has 3 saturated carbocycles. The van der Waals surface area contributed by atoms with Crippen molar-refractivity contribution in [1.29, 1.82) is 0 Å². The van der Waals surface area contributed by atoms with Gasteiger partial charge in [-0.15, -0.1) is 45.3 Å². The minimum Gasteiger partial charge on any atom is -0.870 e. The van der Waals surface area contributed by atoms with Crippen LogP contribution in [0.25, 0.3) is 80.7 Å². The molecule has 4 aromatic carbocycles. The first kappa shape index (κ1) is 105. The van der Waals surface area contributed by atoms with Crippen LogP contribution in [0, 0.1) is 11.8 Å². The van der Waals surface area contributed by atoms with E-state index in [1.807, 2.05) is 85.3 Å². The molecule has 0 amide bonds. The van der Waals surface area contributed by atoms with Gasteiger partial charge in [-0.2, -0.15) is 0 Å². The van der Waals surface area contributed by atoms with Crippen LogP contribution in [0.4, 0.5) is 0 Å². The number of aliphatic hydroxyl groups excluding tert-OH is 1. The summed E-state index contributed by atoms with van der Waals surface area (Å²) in [6.07, 6.45) is 49.6. The van der Waals surface area contributed by atoms with E-state index in [4.69, 9.17) is 28.6 Å². The van der Waals surface area contributed by atoms with E-state index >= 15 is 0 Å². The van der Waals surface area contributed by atoms with E-state index in [0.29, 0.717) is 32.4 Å². The Morgan fingerprint density at radius 3 is 1.17 bits per heavy atom. The van der Waals surface area contributed by atoms with Gasteiger partial charge in [0.05, 0.1) is 32.5 Å². The minimum absolute atomic E-state index is 0. The summed E-state index contributed by atoms with van der Waals surface area (Å²) in [4.78, 5) is 70.5. The van der Waals surface area contributed by atoms with Crippen LogP contribution in [0.3, 0.4) is 0 Å². The van der Waals surface area contributed by atoms with Crippen LogP contribution in [-0.2, 0) is 23.5 Å². The number of carbonyl (C=O) groups is 4. The normalized spacial score (nSPS) is 18.0. The van der Waals surface area contributed by atoms with Crippen LogP contribution in [0.1, 0.15) is 287 Å². The number of carboxylic acids is 1. The zero-order valence-electron chi connectivity index (χ0n) is 80.3. The second-order valence-electron chi connectivity index (χ2n) is 36.9. The third-order valence-corrected chi connectivity index (χ3v) is 32.2. The standard InChI is InChI=1S/C25H31NO2S.C24H25NO2S.C24H23NO2S.C24H29NO2S.C13H23BO2.CH4O.Li.H2O/c1-26-15-14-20(22(17-26)18-10-6-3-4-7-11-18)21-16-23(19-12-8-5-9-13-19)29-24(21)25(27)28-2;2*1-27-24(26)23-20(15-22(28-23)18-11-7-4-8-12-18)19-13-14-25-16-21(19)17-9-5-2-3-6-10-17;1-25-14-13-19(21(16-25)17-9-5-2-3-6-10-17)20-15-22(28-23(20)24(26)27)18-11-7-4-8-12-18;1-12(2)13(3,4)16-14(15-12)11-9-7-5-6-8-10-11;1-2;;/h5,8-9,12-13,16,18H,3-4,6-7,10-11,14-15,17H2,1-2H3;4,7-8,11-17H,2-3,5-6,9-10H2,1H3;4,7-9,11-16H,2-3,5-6,10H2,1H3;4,7-8,11-12,15,17H,2-3,5-6,9-10,13-14,16H2,1H3,(H,26,27);9H,5-8,10H2,1-4H3;2H,1H3;;1H2/q;;;;;;+1;/p-1. The Morgan fingerprint density at radius 1 is 0.406 bits per heavy atom. The van der Waals surface area contributed by atoms with Gasteiger partial charge in [0.15, 0.2) is 0 Å². The number of nitrogens with zero attached hydrogens (tertiary/aromatic N) is 4. The monoisotopic (exact) mass is 1860 g/mol. The van der Waals surface area contributed by atoms with Crippen molar-refractivity contribution in [2.24, 2.45) is 11.8 Å². The number of esters is 3. The molecule has 133 heavy (non-hydrogen) atoms. The molecular weight excluding hydrogens is 1730 g/mol. The molecule has 0 spiro atoms. The van der Waals surface area contributed by atoms with E-state index in [2.05, 4.69) is 165 Å². The number of hydrogen-bond donors (Lipinski definition) is 2. The number of ether oxygens (including phenoxy) is 3. The Morgan fingerprint density at radius 2 is 0.752 bits per heavy atom. The maximum Gasteiger partial charge on any atom is 1.00 e. The summed E-state index contributed by atoms with van der Waals surface area (Å²) in [6, 6.07) is 53.6. The van der Waals surface area contributed by atoms with Gasteiger partial charge in [0.25, 0.3) is 0 Å². The van der Waals surface area contributed by atoms with Gasteiger partial charge >= 0.3 is 49.9 Å². The first-order chi connectivity index (χ1) is 63.8. The molecule has 18 rings (SSSR count).